The Balaban J connectivity index is 1.84. The third kappa shape index (κ3) is 3.95. The van der Waals surface area contributed by atoms with Crippen molar-refractivity contribution in [3.8, 4) is 5.75 Å². The molecule has 0 bridgehead atoms. The molecule has 1 saturated carbocycles. The van der Waals surface area contributed by atoms with Crippen molar-refractivity contribution < 1.29 is 9.47 Å². The Morgan fingerprint density at radius 3 is 2.42 bits per heavy atom. The molecule has 0 aromatic heterocycles. The largest absolute Gasteiger partial charge is 0.497 e. The van der Waals surface area contributed by atoms with Crippen molar-refractivity contribution in [1.29, 1.82) is 0 Å². The molecule has 0 aliphatic heterocycles. The molecule has 3 nitrogen and oxygen atoms in total. The topological polar surface area (TPSA) is 44.5 Å². The smallest absolute Gasteiger partial charge is 0.118 e. The molecule has 2 unspecified atom stereocenters. The number of nitrogens with two attached hydrogens (primary N) is 1. The quantitative estimate of drug-likeness (QED) is 0.856. The lowest BCUT2D eigenvalue weighted by Gasteiger charge is -2.22. The van der Waals surface area contributed by atoms with E-state index in [-0.39, 0.29) is 12.1 Å². The first-order valence-electron chi connectivity index (χ1n) is 7.22. The molecule has 1 aliphatic rings. The fourth-order valence-corrected chi connectivity index (χ4v) is 2.67. The number of methoxy groups -OCH3 is 1. The molecule has 0 saturated heterocycles. The second-order valence-corrected chi connectivity index (χ2v) is 5.49. The summed E-state index contributed by atoms with van der Waals surface area (Å²) in [4.78, 5) is 0. The van der Waals surface area contributed by atoms with Gasteiger partial charge in [0.1, 0.15) is 5.75 Å². The van der Waals surface area contributed by atoms with Gasteiger partial charge in [-0.25, -0.2) is 0 Å². The van der Waals surface area contributed by atoms with Gasteiger partial charge in [0.15, 0.2) is 0 Å². The molecule has 19 heavy (non-hydrogen) atoms. The molecule has 1 fully saturated rings. The summed E-state index contributed by atoms with van der Waals surface area (Å²) in [6, 6.07) is 7.84. The first-order valence-corrected chi connectivity index (χ1v) is 7.22. The highest BCUT2D eigenvalue weighted by Crippen LogP contribution is 2.26. The summed E-state index contributed by atoms with van der Waals surface area (Å²) < 4.78 is 11.1. The molecule has 1 aliphatic carbocycles. The van der Waals surface area contributed by atoms with Crippen molar-refractivity contribution in [2.45, 2.75) is 44.8 Å². The maximum Gasteiger partial charge on any atom is 0.118 e. The van der Waals surface area contributed by atoms with E-state index in [1.54, 1.807) is 7.11 Å². The van der Waals surface area contributed by atoms with E-state index in [0.29, 0.717) is 0 Å². The Labute approximate surface area is 116 Å². The van der Waals surface area contributed by atoms with Crippen LogP contribution in [0.25, 0.3) is 0 Å². The Hall–Kier alpha value is -1.06. The van der Waals surface area contributed by atoms with Crippen LogP contribution in [0.1, 0.15) is 44.2 Å². The Morgan fingerprint density at radius 1 is 1.21 bits per heavy atom. The van der Waals surface area contributed by atoms with Gasteiger partial charge >= 0.3 is 0 Å². The van der Waals surface area contributed by atoms with Crippen LogP contribution in [0.5, 0.6) is 5.75 Å². The van der Waals surface area contributed by atoms with Crippen LogP contribution in [0.3, 0.4) is 0 Å². The highest BCUT2D eigenvalue weighted by molar-refractivity contribution is 5.29. The van der Waals surface area contributed by atoms with E-state index in [1.807, 2.05) is 24.3 Å². The van der Waals surface area contributed by atoms with Gasteiger partial charge < -0.3 is 15.2 Å². The van der Waals surface area contributed by atoms with Crippen LogP contribution < -0.4 is 10.5 Å². The Kier molecular flexibility index (Phi) is 5.23. The van der Waals surface area contributed by atoms with Crippen molar-refractivity contribution in [2.75, 3.05) is 13.7 Å². The van der Waals surface area contributed by atoms with Crippen LogP contribution >= 0.6 is 0 Å². The third-order valence-corrected chi connectivity index (χ3v) is 4.08. The second kappa shape index (κ2) is 6.92. The number of rotatable bonds is 6. The predicted octanol–water partition coefficient (Wildman–Crippen LogP) is 3.29. The summed E-state index contributed by atoms with van der Waals surface area (Å²) in [5.74, 6) is 1.60. The first kappa shape index (κ1) is 14.4. The lowest BCUT2D eigenvalue weighted by molar-refractivity contribution is 0.0259. The maximum atomic E-state index is 6.25. The van der Waals surface area contributed by atoms with E-state index in [2.05, 4.69) is 6.92 Å². The summed E-state index contributed by atoms with van der Waals surface area (Å²) in [7, 11) is 1.67. The highest BCUT2D eigenvalue weighted by atomic mass is 16.5. The number of ether oxygens (including phenoxy) is 2. The van der Waals surface area contributed by atoms with Crippen LogP contribution in [0.15, 0.2) is 24.3 Å². The molecule has 1 aromatic rings. The molecule has 0 spiro atoms. The van der Waals surface area contributed by atoms with E-state index >= 15 is 0 Å². The van der Waals surface area contributed by atoms with Gasteiger partial charge in [0.25, 0.3) is 0 Å². The van der Waals surface area contributed by atoms with Crippen molar-refractivity contribution in [2.24, 2.45) is 11.7 Å². The van der Waals surface area contributed by atoms with Gasteiger partial charge in [-0.1, -0.05) is 25.0 Å². The maximum absolute atomic E-state index is 6.25. The average Bonchev–Trinajstić information content (AvgIpc) is 2.97. The van der Waals surface area contributed by atoms with E-state index in [9.17, 15) is 0 Å². The molecule has 3 heteroatoms. The zero-order valence-corrected chi connectivity index (χ0v) is 12.0. The van der Waals surface area contributed by atoms with E-state index in [4.69, 9.17) is 15.2 Å². The first-order chi connectivity index (χ1) is 9.20. The molecule has 106 valence electrons. The number of hydrogen-bond donors (Lipinski definition) is 1. The molecule has 0 heterocycles. The van der Waals surface area contributed by atoms with Gasteiger partial charge in [0, 0.05) is 6.61 Å². The standard InChI is InChI=1S/C16H25NO2/c1-12(19-11-13-5-3-4-6-13)16(17)14-7-9-15(18-2)10-8-14/h7-10,12-13,16H,3-6,11,17H2,1-2H3. The fourth-order valence-electron chi connectivity index (χ4n) is 2.67. The van der Waals surface area contributed by atoms with Gasteiger partial charge in [-0.05, 0) is 43.4 Å². The van der Waals surface area contributed by atoms with Gasteiger partial charge in [0.05, 0.1) is 19.3 Å². The minimum Gasteiger partial charge on any atom is -0.497 e. The Bertz CT molecular complexity index is 371. The molecule has 2 N–H and O–H groups in total. The van der Waals surface area contributed by atoms with E-state index in [0.717, 1.165) is 23.8 Å². The lowest BCUT2D eigenvalue weighted by Crippen LogP contribution is -2.27. The minimum atomic E-state index is -0.0766. The van der Waals surface area contributed by atoms with E-state index in [1.165, 1.54) is 25.7 Å². The van der Waals surface area contributed by atoms with Crippen LogP contribution in [0.2, 0.25) is 0 Å². The van der Waals surface area contributed by atoms with Crippen molar-refractivity contribution in [3.63, 3.8) is 0 Å². The Morgan fingerprint density at radius 2 is 1.84 bits per heavy atom. The molecule has 2 rings (SSSR count). The molecule has 2 atom stereocenters. The molecule has 0 amide bonds. The molecule has 1 aromatic carbocycles. The monoisotopic (exact) mass is 263 g/mol. The average molecular weight is 263 g/mol. The summed E-state index contributed by atoms with van der Waals surface area (Å²) in [5, 5.41) is 0. The zero-order valence-electron chi connectivity index (χ0n) is 12.0. The van der Waals surface area contributed by atoms with E-state index < -0.39 is 0 Å². The minimum absolute atomic E-state index is 0.0500. The number of benzene rings is 1. The van der Waals surface area contributed by atoms with Gasteiger partial charge in [0.2, 0.25) is 0 Å². The zero-order chi connectivity index (χ0) is 13.7. The van der Waals surface area contributed by atoms with Crippen LogP contribution in [-0.2, 0) is 4.74 Å². The fraction of sp³-hybridized carbons (Fsp3) is 0.625. The predicted molar refractivity (Wildman–Crippen MR) is 77.3 cm³/mol. The second-order valence-electron chi connectivity index (χ2n) is 5.49. The summed E-state index contributed by atoms with van der Waals surface area (Å²) >= 11 is 0. The third-order valence-electron chi connectivity index (χ3n) is 4.08. The highest BCUT2D eigenvalue weighted by Gasteiger charge is 2.20. The van der Waals surface area contributed by atoms with Crippen molar-refractivity contribution >= 4 is 0 Å². The number of hydrogen-bond acceptors (Lipinski definition) is 3. The van der Waals surface area contributed by atoms with Gasteiger partial charge in [-0.3, -0.25) is 0 Å². The summed E-state index contributed by atoms with van der Waals surface area (Å²) in [5.41, 5.74) is 7.35. The van der Waals surface area contributed by atoms with Crippen LogP contribution in [0.4, 0.5) is 0 Å². The van der Waals surface area contributed by atoms with Crippen molar-refractivity contribution in [3.05, 3.63) is 29.8 Å². The normalized spacial score (nSPS) is 19.3. The molecule has 0 radical (unpaired) electrons. The molecular formula is C16H25NO2. The van der Waals surface area contributed by atoms with Gasteiger partial charge in [-0.2, -0.15) is 0 Å². The van der Waals surface area contributed by atoms with Gasteiger partial charge in [-0.15, -0.1) is 0 Å². The van der Waals surface area contributed by atoms with Crippen LogP contribution in [0, 0.1) is 5.92 Å². The van der Waals surface area contributed by atoms with Crippen molar-refractivity contribution in [1.82, 2.24) is 0 Å². The summed E-state index contributed by atoms with van der Waals surface area (Å²) in [6.07, 6.45) is 5.38. The SMILES string of the molecule is COc1ccc(C(N)C(C)OCC2CCCC2)cc1. The lowest BCUT2D eigenvalue weighted by atomic mass is 10.0. The molecular weight excluding hydrogens is 238 g/mol. The van der Waals surface area contributed by atoms with Crippen LogP contribution in [-0.4, -0.2) is 19.8 Å². The summed E-state index contributed by atoms with van der Waals surface area (Å²) in [6.45, 7) is 2.91.